The molecular formula is C23H23Cl2N3O2. The summed E-state index contributed by atoms with van der Waals surface area (Å²) in [5, 5.41) is 1.80. The smallest absolute Gasteiger partial charge is 0.141 e. The van der Waals surface area contributed by atoms with Crippen molar-refractivity contribution in [3.05, 3.63) is 46.3 Å². The van der Waals surface area contributed by atoms with Gasteiger partial charge >= 0.3 is 0 Å². The average Bonchev–Trinajstić information content (AvgIpc) is 3.44. The number of methoxy groups -OCH3 is 2. The van der Waals surface area contributed by atoms with Crippen LogP contribution in [-0.4, -0.2) is 30.2 Å². The van der Waals surface area contributed by atoms with Crippen LogP contribution < -0.4 is 15.2 Å². The Morgan fingerprint density at radius 1 is 1.07 bits per heavy atom. The Hall–Kier alpha value is -2.08. The molecule has 0 aliphatic heterocycles. The SMILES string of the molecule is COc1cc(OC)c(Cl)c(-c2ccc3nc(C[C@@H]4[C@H]5C[C@H]5C[C@@H]4N)ncc3c2)c1Cl. The summed E-state index contributed by atoms with van der Waals surface area (Å²) in [5.74, 6) is 3.99. The van der Waals surface area contributed by atoms with Gasteiger partial charge in [-0.1, -0.05) is 29.3 Å². The molecule has 0 amide bonds. The van der Waals surface area contributed by atoms with Gasteiger partial charge in [-0.25, -0.2) is 9.97 Å². The zero-order valence-electron chi connectivity index (χ0n) is 16.9. The molecule has 2 saturated carbocycles. The fraction of sp³-hybridized carbons (Fsp3) is 0.391. The molecule has 156 valence electrons. The molecule has 3 aromatic rings. The van der Waals surface area contributed by atoms with Gasteiger partial charge in [0.05, 0.1) is 29.8 Å². The van der Waals surface area contributed by atoms with E-state index in [1.165, 1.54) is 6.42 Å². The van der Waals surface area contributed by atoms with Gasteiger partial charge in [0.25, 0.3) is 0 Å². The first-order valence-corrected chi connectivity index (χ1v) is 10.9. The second kappa shape index (κ2) is 7.56. The maximum atomic E-state index is 6.57. The zero-order valence-corrected chi connectivity index (χ0v) is 18.4. The van der Waals surface area contributed by atoms with Crippen LogP contribution in [0.5, 0.6) is 11.5 Å². The molecule has 0 unspecified atom stereocenters. The van der Waals surface area contributed by atoms with Crippen LogP contribution in [0.1, 0.15) is 18.7 Å². The summed E-state index contributed by atoms with van der Waals surface area (Å²) < 4.78 is 10.8. The summed E-state index contributed by atoms with van der Waals surface area (Å²) in [6.45, 7) is 0. The molecule has 0 bridgehead atoms. The number of hydrogen-bond acceptors (Lipinski definition) is 5. The predicted octanol–water partition coefficient (Wildman–Crippen LogP) is 5.15. The molecule has 30 heavy (non-hydrogen) atoms. The van der Waals surface area contributed by atoms with E-state index in [4.69, 9.17) is 43.4 Å². The number of benzene rings is 2. The van der Waals surface area contributed by atoms with Crippen molar-refractivity contribution in [1.82, 2.24) is 9.97 Å². The Morgan fingerprint density at radius 3 is 2.43 bits per heavy atom. The second-order valence-electron chi connectivity index (χ2n) is 8.27. The highest BCUT2D eigenvalue weighted by atomic mass is 35.5. The highest BCUT2D eigenvalue weighted by molar-refractivity contribution is 6.41. The molecule has 4 atom stereocenters. The lowest BCUT2D eigenvalue weighted by Gasteiger charge is -2.18. The number of hydrogen-bond donors (Lipinski definition) is 1. The van der Waals surface area contributed by atoms with Crippen molar-refractivity contribution in [2.75, 3.05) is 14.2 Å². The summed E-state index contributed by atoms with van der Waals surface area (Å²) in [4.78, 5) is 9.41. The lowest BCUT2D eigenvalue weighted by molar-refractivity contribution is 0.395. The normalized spacial score (nSPS) is 24.7. The van der Waals surface area contributed by atoms with Gasteiger partial charge < -0.3 is 15.2 Å². The van der Waals surface area contributed by atoms with Gasteiger partial charge in [-0.05, 0) is 48.3 Å². The molecule has 1 aromatic heterocycles. The molecule has 2 aliphatic rings. The summed E-state index contributed by atoms with van der Waals surface area (Å²) >= 11 is 13.1. The average molecular weight is 444 g/mol. The van der Waals surface area contributed by atoms with Crippen molar-refractivity contribution < 1.29 is 9.47 Å². The fourth-order valence-electron chi connectivity index (χ4n) is 4.89. The van der Waals surface area contributed by atoms with Crippen LogP contribution in [0, 0.1) is 17.8 Å². The van der Waals surface area contributed by atoms with Crippen molar-refractivity contribution in [3.8, 4) is 22.6 Å². The van der Waals surface area contributed by atoms with Crippen LogP contribution in [0.4, 0.5) is 0 Å². The number of nitrogens with two attached hydrogens (primary N) is 1. The van der Waals surface area contributed by atoms with E-state index in [2.05, 4.69) is 4.98 Å². The van der Waals surface area contributed by atoms with Crippen LogP contribution in [0.15, 0.2) is 30.5 Å². The topological polar surface area (TPSA) is 70.3 Å². The second-order valence-corrected chi connectivity index (χ2v) is 9.03. The molecule has 2 N–H and O–H groups in total. The molecule has 0 spiro atoms. The molecule has 0 radical (unpaired) electrons. The summed E-state index contributed by atoms with van der Waals surface area (Å²) in [6, 6.07) is 7.89. The standard InChI is InChI=1S/C23H23Cl2N3O2/c1-29-18-9-19(30-2)23(25)21(22(18)24)11-3-4-17-13(5-11)10-27-20(28-17)8-15-14-6-12(14)7-16(15)26/h3-5,9-10,12,14-16H,6-8,26H2,1-2H3/t12-,14-,15+,16-/m0/s1. The third kappa shape index (κ3) is 3.29. The largest absolute Gasteiger partial charge is 0.495 e. The number of fused-ring (bicyclic) bond motifs is 2. The van der Waals surface area contributed by atoms with Crippen LogP contribution in [0.3, 0.4) is 0 Å². The van der Waals surface area contributed by atoms with Crippen LogP contribution >= 0.6 is 23.2 Å². The number of nitrogens with zero attached hydrogens (tertiary/aromatic N) is 2. The quantitative estimate of drug-likeness (QED) is 0.590. The third-order valence-electron chi connectivity index (χ3n) is 6.56. The van der Waals surface area contributed by atoms with E-state index in [-0.39, 0.29) is 6.04 Å². The zero-order chi connectivity index (χ0) is 21.0. The van der Waals surface area contributed by atoms with E-state index in [1.54, 1.807) is 20.3 Å². The predicted molar refractivity (Wildman–Crippen MR) is 119 cm³/mol. The Bertz CT molecular complexity index is 1110. The Kier molecular flexibility index (Phi) is 5.00. The Labute approximate surface area is 185 Å². The van der Waals surface area contributed by atoms with Crippen LogP contribution in [-0.2, 0) is 6.42 Å². The van der Waals surface area contributed by atoms with Gasteiger partial charge in [0.15, 0.2) is 0 Å². The van der Waals surface area contributed by atoms with Gasteiger partial charge in [0.1, 0.15) is 17.3 Å². The van der Waals surface area contributed by atoms with Gasteiger partial charge in [0.2, 0.25) is 0 Å². The number of halogens is 2. The van der Waals surface area contributed by atoms with E-state index < -0.39 is 0 Å². The first-order valence-electron chi connectivity index (χ1n) is 10.1. The van der Waals surface area contributed by atoms with Gasteiger partial charge in [0, 0.05) is 35.7 Å². The maximum absolute atomic E-state index is 6.57. The van der Waals surface area contributed by atoms with E-state index in [1.807, 2.05) is 24.4 Å². The Balaban J connectivity index is 1.50. The molecule has 2 aromatic carbocycles. The van der Waals surface area contributed by atoms with Crippen LogP contribution in [0.25, 0.3) is 22.0 Å². The fourth-order valence-corrected chi connectivity index (χ4v) is 5.61. The lowest BCUT2D eigenvalue weighted by Crippen LogP contribution is -2.29. The first-order chi connectivity index (χ1) is 14.5. The van der Waals surface area contributed by atoms with Crippen molar-refractivity contribution >= 4 is 34.1 Å². The monoisotopic (exact) mass is 443 g/mol. The van der Waals surface area contributed by atoms with Crippen molar-refractivity contribution in [3.63, 3.8) is 0 Å². The van der Waals surface area contributed by atoms with Crippen molar-refractivity contribution in [2.45, 2.75) is 25.3 Å². The Morgan fingerprint density at radius 2 is 1.80 bits per heavy atom. The highest BCUT2D eigenvalue weighted by Gasteiger charge is 2.52. The van der Waals surface area contributed by atoms with E-state index in [0.29, 0.717) is 33.0 Å². The molecule has 2 fully saturated rings. The number of rotatable bonds is 5. The highest BCUT2D eigenvalue weighted by Crippen LogP contribution is 2.55. The third-order valence-corrected chi connectivity index (χ3v) is 7.31. The van der Waals surface area contributed by atoms with E-state index in [0.717, 1.165) is 47.0 Å². The summed E-state index contributed by atoms with van der Waals surface area (Å²) in [5.41, 5.74) is 8.73. The number of ether oxygens (including phenoxy) is 2. The van der Waals surface area contributed by atoms with Gasteiger partial charge in [-0.15, -0.1) is 0 Å². The van der Waals surface area contributed by atoms with Crippen molar-refractivity contribution in [2.24, 2.45) is 23.5 Å². The minimum Gasteiger partial charge on any atom is -0.495 e. The van der Waals surface area contributed by atoms with Crippen LogP contribution in [0.2, 0.25) is 10.0 Å². The first kappa shape index (κ1) is 19.9. The molecule has 5 rings (SSSR count). The minimum absolute atomic E-state index is 0.280. The molecule has 2 aliphatic carbocycles. The minimum atomic E-state index is 0.280. The molecule has 5 nitrogen and oxygen atoms in total. The van der Waals surface area contributed by atoms with E-state index >= 15 is 0 Å². The molecular weight excluding hydrogens is 421 g/mol. The molecule has 7 heteroatoms. The molecule has 0 saturated heterocycles. The van der Waals surface area contributed by atoms with E-state index in [9.17, 15) is 0 Å². The van der Waals surface area contributed by atoms with Gasteiger partial charge in [-0.2, -0.15) is 0 Å². The summed E-state index contributed by atoms with van der Waals surface area (Å²) in [7, 11) is 3.13. The molecule has 1 heterocycles. The summed E-state index contributed by atoms with van der Waals surface area (Å²) in [6.07, 6.45) is 5.19. The maximum Gasteiger partial charge on any atom is 0.141 e. The van der Waals surface area contributed by atoms with Crippen molar-refractivity contribution in [1.29, 1.82) is 0 Å². The number of aromatic nitrogens is 2. The lowest BCUT2D eigenvalue weighted by atomic mass is 9.95. The van der Waals surface area contributed by atoms with Gasteiger partial charge in [-0.3, -0.25) is 0 Å².